The van der Waals surface area contributed by atoms with E-state index in [1.165, 1.54) is 25.4 Å². The van der Waals surface area contributed by atoms with Gasteiger partial charge in [-0.2, -0.15) is 13.2 Å². The van der Waals surface area contributed by atoms with E-state index in [0.717, 1.165) is 6.20 Å². The van der Waals surface area contributed by atoms with Crippen LogP contribution in [0.2, 0.25) is 0 Å². The number of fused-ring (bicyclic) bond motifs is 1. The van der Waals surface area contributed by atoms with Gasteiger partial charge in [0, 0.05) is 17.7 Å². The predicted molar refractivity (Wildman–Crippen MR) is 111 cm³/mol. The number of H-pyrrole nitrogens is 1. The highest BCUT2D eigenvalue weighted by Crippen LogP contribution is 2.81. The number of nitrogens with zero attached hydrogens (tertiary/aromatic N) is 3. The Balaban J connectivity index is 1.56. The summed E-state index contributed by atoms with van der Waals surface area (Å²) >= 11 is 0. The van der Waals surface area contributed by atoms with Crippen LogP contribution in [0.4, 0.5) is 22.0 Å². The molecule has 3 aromatic heterocycles. The molecule has 13 heteroatoms. The Hall–Kier alpha value is -3.64. The lowest BCUT2D eigenvalue weighted by atomic mass is 9.32. The van der Waals surface area contributed by atoms with E-state index in [4.69, 9.17) is 0 Å². The lowest BCUT2D eigenvalue weighted by molar-refractivity contribution is -0.370. The third-order valence-electron chi connectivity index (χ3n) is 7.10. The van der Waals surface area contributed by atoms with E-state index in [2.05, 4.69) is 20.3 Å². The van der Waals surface area contributed by atoms with Crippen molar-refractivity contribution in [3.05, 3.63) is 68.9 Å². The van der Waals surface area contributed by atoms with E-state index in [-0.39, 0.29) is 16.6 Å². The maximum atomic E-state index is 14.2. The molecule has 0 spiro atoms. The van der Waals surface area contributed by atoms with Crippen LogP contribution in [0.3, 0.4) is 0 Å². The molecule has 3 fully saturated rings. The molecule has 184 valence electrons. The fourth-order valence-electron chi connectivity index (χ4n) is 5.54. The zero-order valence-corrected chi connectivity index (χ0v) is 18.1. The first-order valence-electron chi connectivity index (χ1n) is 10.6. The van der Waals surface area contributed by atoms with Crippen molar-refractivity contribution >= 4 is 16.8 Å². The van der Waals surface area contributed by atoms with E-state index in [0.29, 0.717) is 10.6 Å². The van der Waals surface area contributed by atoms with Crippen molar-refractivity contribution in [2.45, 2.75) is 44.4 Å². The molecular weight excluding hydrogens is 477 g/mol. The van der Waals surface area contributed by atoms with Crippen molar-refractivity contribution in [2.75, 3.05) is 0 Å². The standard InChI is InChI=1S/C22H18F5N5O3/c1-10(15-13(24)4-11(23)5-29-15)30-17(33)16(20-7-21(8-20,9-20)22(25,26)27)32-18(34)12-2-3-28-6-14(12)31-19(32)35/h2-6,10,16H,7-9H2,1H3,(H,30,33)(H,31,35)/t10-,16?,20?,21?/m1/s1. The maximum absolute atomic E-state index is 14.2. The molecule has 0 aromatic carbocycles. The second-order valence-corrected chi connectivity index (χ2v) is 9.35. The van der Waals surface area contributed by atoms with Gasteiger partial charge in [-0.15, -0.1) is 0 Å². The molecule has 8 nitrogen and oxygen atoms in total. The summed E-state index contributed by atoms with van der Waals surface area (Å²) < 4.78 is 68.6. The topological polar surface area (TPSA) is 110 Å². The second kappa shape index (κ2) is 7.43. The molecule has 0 aliphatic heterocycles. The average molecular weight is 495 g/mol. The van der Waals surface area contributed by atoms with Crippen molar-refractivity contribution in [3.8, 4) is 0 Å². The van der Waals surface area contributed by atoms with E-state index in [9.17, 15) is 36.3 Å². The summed E-state index contributed by atoms with van der Waals surface area (Å²) in [6, 6.07) is -0.831. The molecule has 1 unspecified atom stereocenters. The number of hydrogen-bond donors (Lipinski definition) is 2. The van der Waals surface area contributed by atoms with Crippen LogP contribution in [0, 0.1) is 22.5 Å². The summed E-state index contributed by atoms with van der Waals surface area (Å²) in [5.74, 6) is -2.92. The van der Waals surface area contributed by atoms with E-state index in [1.54, 1.807) is 0 Å². The number of carbonyl (C=O) groups excluding carboxylic acids is 1. The number of carbonyl (C=O) groups is 1. The van der Waals surface area contributed by atoms with Crippen LogP contribution in [0.15, 0.2) is 40.3 Å². The van der Waals surface area contributed by atoms with Gasteiger partial charge in [-0.1, -0.05) is 0 Å². The van der Waals surface area contributed by atoms with Crippen LogP contribution >= 0.6 is 0 Å². The summed E-state index contributed by atoms with van der Waals surface area (Å²) in [7, 11) is 0. The normalized spacial score (nSPS) is 24.9. The Bertz CT molecular complexity index is 1460. The zero-order chi connectivity index (χ0) is 25.3. The average Bonchev–Trinajstić information content (AvgIpc) is 2.69. The molecule has 2 N–H and O–H groups in total. The Morgan fingerprint density at radius 1 is 1.20 bits per heavy atom. The first-order valence-corrected chi connectivity index (χ1v) is 10.6. The van der Waals surface area contributed by atoms with Crippen molar-refractivity contribution in [2.24, 2.45) is 10.8 Å². The molecule has 0 saturated heterocycles. The van der Waals surface area contributed by atoms with Gasteiger partial charge < -0.3 is 10.3 Å². The van der Waals surface area contributed by atoms with Gasteiger partial charge in [0.1, 0.15) is 17.7 Å². The lowest BCUT2D eigenvalue weighted by Gasteiger charge is -2.72. The van der Waals surface area contributed by atoms with Gasteiger partial charge in [0.15, 0.2) is 0 Å². The Kier molecular flexibility index (Phi) is 4.91. The molecule has 3 aliphatic carbocycles. The Labute approximate surface area is 193 Å². The van der Waals surface area contributed by atoms with Crippen LogP contribution in [0.25, 0.3) is 10.9 Å². The van der Waals surface area contributed by atoms with Gasteiger partial charge in [-0.25, -0.2) is 18.1 Å². The van der Waals surface area contributed by atoms with Crippen molar-refractivity contribution < 1.29 is 26.7 Å². The number of rotatable bonds is 5. The number of pyridine rings is 2. The monoisotopic (exact) mass is 495 g/mol. The number of nitrogens with one attached hydrogen (secondary N) is 2. The van der Waals surface area contributed by atoms with Crippen molar-refractivity contribution in [3.63, 3.8) is 0 Å². The molecule has 35 heavy (non-hydrogen) atoms. The molecule has 6 rings (SSSR count). The van der Waals surface area contributed by atoms with Crippen molar-refractivity contribution in [1.82, 2.24) is 24.8 Å². The van der Waals surface area contributed by atoms with Crippen LogP contribution < -0.4 is 16.6 Å². The lowest BCUT2D eigenvalue weighted by Crippen LogP contribution is -2.73. The van der Waals surface area contributed by atoms with Crippen LogP contribution in [0.5, 0.6) is 0 Å². The summed E-state index contributed by atoms with van der Waals surface area (Å²) in [5, 5.41) is 2.46. The Morgan fingerprint density at radius 2 is 1.89 bits per heavy atom. The van der Waals surface area contributed by atoms with Crippen LogP contribution in [0.1, 0.15) is 44.0 Å². The highest BCUT2D eigenvalue weighted by atomic mass is 19.4. The minimum atomic E-state index is -4.49. The van der Waals surface area contributed by atoms with Gasteiger partial charge in [-0.3, -0.25) is 19.6 Å². The van der Waals surface area contributed by atoms with Gasteiger partial charge in [0.2, 0.25) is 5.91 Å². The third-order valence-corrected chi connectivity index (χ3v) is 7.10. The van der Waals surface area contributed by atoms with E-state index in [1.807, 2.05) is 0 Å². The molecule has 3 aliphatic rings. The first-order chi connectivity index (χ1) is 16.4. The smallest absolute Gasteiger partial charge is 0.346 e. The number of aromatic nitrogens is 4. The molecule has 3 heterocycles. The summed E-state index contributed by atoms with van der Waals surface area (Å²) in [5.41, 5.74) is -5.30. The molecule has 2 bridgehead atoms. The summed E-state index contributed by atoms with van der Waals surface area (Å²) in [6.45, 7) is 1.34. The summed E-state index contributed by atoms with van der Waals surface area (Å²) in [6.07, 6.45) is -2.50. The highest BCUT2D eigenvalue weighted by Gasteiger charge is 2.81. The number of hydrogen-bond acceptors (Lipinski definition) is 5. The molecule has 1 amide bonds. The minimum Gasteiger partial charge on any atom is -0.346 e. The van der Waals surface area contributed by atoms with Crippen LogP contribution in [-0.2, 0) is 4.79 Å². The third kappa shape index (κ3) is 3.35. The minimum absolute atomic E-state index is 0.0221. The number of aromatic amines is 1. The first kappa shape index (κ1) is 23.1. The number of alkyl halides is 3. The van der Waals surface area contributed by atoms with Crippen molar-refractivity contribution in [1.29, 1.82) is 0 Å². The van der Waals surface area contributed by atoms with Crippen LogP contribution in [-0.4, -0.2) is 31.6 Å². The van der Waals surface area contributed by atoms with Gasteiger partial charge >= 0.3 is 11.9 Å². The fourth-order valence-corrected chi connectivity index (χ4v) is 5.54. The second-order valence-electron chi connectivity index (χ2n) is 9.35. The van der Waals surface area contributed by atoms with Gasteiger partial charge in [0.05, 0.1) is 40.4 Å². The fraction of sp³-hybridized carbons (Fsp3) is 0.409. The molecular formula is C22H18F5N5O3. The number of amides is 1. The Morgan fingerprint density at radius 3 is 2.51 bits per heavy atom. The molecule has 0 radical (unpaired) electrons. The van der Waals surface area contributed by atoms with E-state index >= 15 is 0 Å². The SMILES string of the molecule is C[C@@H](NC(=O)C(n1c(=O)[nH]c2cnccc2c1=O)C12CC(C(F)(F)F)(C1)C2)c1ncc(F)cc1F. The number of halogens is 5. The molecule has 2 atom stereocenters. The van der Waals surface area contributed by atoms with Gasteiger partial charge in [0.25, 0.3) is 5.56 Å². The summed E-state index contributed by atoms with van der Waals surface area (Å²) in [4.78, 5) is 49.4. The quantitative estimate of drug-likeness (QED) is 0.529. The molecule has 3 aromatic rings. The molecule has 3 saturated carbocycles. The maximum Gasteiger partial charge on any atom is 0.394 e. The van der Waals surface area contributed by atoms with Gasteiger partial charge in [-0.05, 0) is 32.3 Å². The zero-order valence-electron chi connectivity index (χ0n) is 18.1. The van der Waals surface area contributed by atoms with E-state index < -0.39 is 77.1 Å². The largest absolute Gasteiger partial charge is 0.394 e. The highest BCUT2D eigenvalue weighted by molar-refractivity contribution is 5.83. The predicted octanol–water partition coefficient (Wildman–Crippen LogP) is 2.91.